The number of pyridine rings is 1. The minimum Gasteiger partial charge on any atom is -0.497 e. The third-order valence-corrected chi connectivity index (χ3v) is 7.24. The maximum absolute atomic E-state index is 12.7. The van der Waals surface area contributed by atoms with Crippen LogP contribution < -0.4 is 10.1 Å². The average Bonchev–Trinajstić information content (AvgIpc) is 2.77. The highest BCUT2D eigenvalue weighted by Crippen LogP contribution is 2.22. The van der Waals surface area contributed by atoms with Crippen LogP contribution >= 0.6 is 0 Å². The normalized spacial score (nSPS) is 11.6. The van der Waals surface area contributed by atoms with E-state index in [-0.39, 0.29) is 17.3 Å². The van der Waals surface area contributed by atoms with E-state index in [4.69, 9.17) is 4.74 Å². The molecule has 0 radical (unpaired) electrons. The molecule has 0 aliphatic heterocycles. The highest BCUT2D eigenvalue weighted by molar-refractivity contribution is 7.89. The minimum absolute atomic E-state index is 0.234. The summed E-state index contributed by atoms with van der Waals surface area (Å²) in [6, 6.07) is 13.9. The van der Waals surface area contributed by atoms with Crippen LogP contribution in [0.1, 0.15) is 35.5 Å². The Kier molecular flexibility index (Phi) is 6.92. The molecule has 1 N–H and O–H groups in total. The van der Waals surface area contributed by atoms with Crippen molar-refractivity contribution >= 4 is 26.8 Å². The molecule has 1 heterocycles. The van der Waals surface area contributed by atoms with Crippen LogP contribution in [0.15, 0.2) is 53.4 Å². The van der Waals surface area contributed by atoms with Crippen LogP contribution in [0.4, 0.5) is 0 Å². The van der Waals surface area contributed by atoms with Crippen molar-refractivity contribution in [2.45, 2.75) is 32.2 Å². The number of hydrogen-bond donors (Lipinski definition) is 1. The van der Waals surface area contributed by atoms with Gasteiger partial charge in [-0.25, -0.2) is 8.42 Å². The number of hydrogen-bond acceptors (Lipinski definition) is 5. The van der Waals surface area contributed by atoms with Crippen molar-refractivity contribution in [3.05, 3.63) is 65.4 Å². The molecular formula is C23H27N3O4S. The molecule has 0 fully saturated rings. The highest BCUT2D eigenvalue weighted by atomic mass is 32.2. The molecule has 8 heteroatoms. The molecule has 0 unspecified atom stereocenters. The fourth-order valence-corrected chi connectivity index (χ4v) is 4.83. The van der Waals surface area contributed by atoms with Crippen molar-refractivity contribution in [2.24, 2.45) is 0 Å². The van der Waals surface area contributed by atoms with Crippen LogP contribution in [0.25, 0.3) is 10.9 Å². The lowest BCUT2D eigenvalue weighted by Gasteiger charge is -2.18. The van der Waals surface area contributed by atoms with Crippen LogP contribution in [0.5, 0.6) is 5.75 Å². The maximum Gasteiger partial charge on any atom is 0.253 e. The first-order valence-electron chi connectivity index (χ1n) is 10.1. The number of nitrogens with zero attached hydrogens (tertiary/aromatic N) is 2. The Hall–Kier alpha value is -2.97. The number of carbonyl (C=O) groups is 1. The molecule has 1 aromatic heterocycles. The number of aromatic nitrogens is 1. The lowest BCUT2D eigenvalue weighted by atomic mass is 10.1. The molecule has 0 saturated heterocycles. The lowest BCUT2D eigenvalue weighted by Crippen LogP contribution is -2.30. The van der Waals surface area contributed by atoms with Gasteiger partial charge in [-0.2, -0.15) is 4.31 Å². The molecule has 3 rings (SSSR count). The first-order chi connectivity index (χ1) is 14.8. The van der Waals surface area contributed by atoms with Gasteiger partial charge in [0.15, 0.2) is 0 Å². The van der Waals surface area contributed by atoms with Crippen molar-refractivity contribution in [3.8, 4) is 5.75 Å². The van der Waals surface area contributed by atoms with E-state index in [0.29, 0.717) is 30.1 Å². The van der Waals surface area contributed by atoms with Crippen LogP contribution in [0.3, 0.4) is 0 Å². The second-order valence-corrected chi connectivity index (χ2v) is 9.03. The van der Waals surface area contributed by atoms with Crippen molar-refractivity contribution in [3.63, 3.8) is 0 Å². The summed E-state index contributed by atoms with van der Waals surface area (Å²) >= 11 is 0. The molecule has 0 aliphatic carbocycles. The molecule has 0 aliphatic rings. The van der Waals surface area contributed by atoms with Crippen LogP contribution in [0.2, 0.25) is 0 Å². The van der Waals surface area contributed by atoms with Gasteiger partial charge in [-0.05, 0) is 42.8 Å². The van der Waals surface area contributed by atoms with E-state index >= 15 is 0 Å². The van der Waals surface area contributed by atoms with Gasteiger partial charge in [0.1, 0.15) is 5.75 Å². The summed E-state index contributed by atoms with van der Waals surface area (Å²) in [5, 5.41) is 3.73. The van der Waals surface area contributed by atoms with E-state index in [9.17, 15) is 13.2 Å². The van der Waals surface area contributed by atoms with Gasteiger partial charge in [0.2, 0.25) is 10.0 Å². The summed E-state index contributed by atoms with van der Waals surface area (Å²) < 4.78 is 31.8. The zero-order valence-electron chi connectivity index (χ0n) is 18.2. The predicted molar refractivity (Wildman–Crippen MR) is 121 cm³/mol. The molecular weight excluding hydrogens is 414 g/mol. The number of amides is 1. The third kappa shape index (κ3) is 4.86. The minimum atomic E-state index is -3.49. The van der Waals surface area contributed by atoms with Gasteiger partial charge in [-0.1, -0.05) is 26.0 Å². The number of carbonyl (C=O) groups excluding carboxylic acids is 1. The number of methoxy groups -OCH3 is 1. The SMILES string of the molecule is CCN(CC)S(=O)(=O)c1ccc(CNC(=O)c2cc3ccc(OC)cc3nc2C)cc1. The number of benzene rings is 2. The number of sulfonamides is 1. The first kappa shape index (κ1) is 22.7. The number of nitrogens with one attached hydrogen (secondary N) is 1. The molecule has 31 heavy (non-hydrogen) atoms. The van der Waals surface area contributed by atoms with E-state index in [0.717, 1.165) is 16.5 Å². The zero-order valence-corrected chi connectivity index (χ0v) is 19.0. The standard InChI is InChI=1S/C23H27N3O4S/c1-5-26(6-2)31(28,29)20-11-7-17(8-12-20)15-24-23(27)21-13-18-9-10-19(30-4)14-22(18)25-16(21)3/h7-14H,5-6,15H2,1-4H3,(H,24,27). The summed E-state index contributed by atoms with van der Waals surface area (Å²) in [6.45, 7) is 6.53. The number of ether oxygens (including phenoxy) is 1. The monoisotopic (exact) mass is 441 g/mol. The van der Waals surface area contributed by atoms with Crippen LogP contribution in [0, 0.1) is 6.92 Å². The molecule has 3 aromatic rings. The van der Waals surface area contributed by atoms with Crippen molar-refractivity contribution < 1.29 is 17.9 Å². The quantitative estimate of drug-likeness (QED) is 0.578. The number of rotatable bonds is 8. The molecule has 1 amide bonds. The van der Waals surface area contributed by atoms with E-state index in [1.807, 2.05) is 38.1 Å². The summed E-state index contributed by atoms with van der Waals surface area (Å²) in [7, 11) is -1.90. The fourth-order valence-electron chi connectivity index (χ4n) is 3.37. The Morgan fingerprint density at radius 1 is 1.06 bits per heavy atom. The summed E-state index contributed by atoms with van der Waals surface area (Å²) in [6.07, 6.45) is 0. The molecule has 164 valence electrons. The Bertz CT molecular complexity index is 1190. The van der Waals surface area contributed by atoms with Crippen LogP contribution in [-0.2, 0) is 16.6 Å². The van der Waals surface area contributed by atoms with Gasteiger partial charge in [0.25, 0.3) is 5.91 Å². The van der Waals surface area contributed by atoms with Gasteiger partial charge in [0.05, 0.1) is 28.8 Å². The number of aryl methyl sites for hydroxylation is 1. The topological polar surface area (TPSA) is 88.6 Å². The Labute approximate surface area is 183 Å². The Morgan fingerprint density at radius 2 is 1.74 bits per heavy atom. The van der Waals surface area contributed by atoms with Gasteiger partial charge in [0, 0.05) is 31.1 Å². The molecule has 0 saturated carbocycles. The number of fused-ring (bicyclic) bond motifs is 1. The zero-order chi connectivity index (χ0) is 22.6. The largest absolute Gasteiger partial charge is 0.497 e. The molecule has 0 atom stereocenters. The Morgan fingerprint density at radius 3 is 2.35 bits per heavy atom. The molecule has 7 nitrogen and oxygen atoms in total. The lowest BCUT2D eigenvalue weighted by molar-refractivity contribution is 0.0950. The fraction of sp³-hybridized carbons (Fsp3) is 0.304. The predicted octanol–water partition coefficient (Wildman–Crippen LogP) is 3.51. The van der Waals surface area contributed by atoms with E-state index in [1.54, 1.807) is 38.3 Å². The average molecular weight is 442 g/mol. The molecule has 0 spiro atoms. The van der Waals surface area contributed by atoms with Crippen molar-refractivity contribution in [1.82, 2.24) is 14.6 Å². The summed E-state index contributed by atoms with van der Waals surface area (Å²) in [5.74, 6) is 0.477. The van der Waals surface area contributed by atoms with E-state index in [1.165, 1.54) is 4.31 Å². The van der Waals surface area contributed by atoms with Gasteiger partial charge >= 0.3 is 0 Å². The maximum atomic E-state index is 12.7. The smallest absolute Gasteiger partial charge is 0.253 e. The second-order valence-electron chi connectivity index (χ2n) is 7.10. The summed E-state index contributed by atoms with van der Waals surface area (Å²) in [4.78, 5) is 17.5. The van der Waals surface area contributed by atoms with E-state index in [2.05, 4.69) is 10.3 Å². The van der Waals surface area contributed by atoms with Crippen molar-refractivity contribution in [2.75, 3.05) is 20.2 Å². The molecule has 0 bridgehead atoms. The highest BCUT2D eigenvalue weighted by Gasteiger charge is 2.21. The van der Waals surface area contributed by atoms with Gasteiger partial charge in [-0.3, -0.25) is 9.78 Å². The Balaban J connectivity index is 1.73. The second kappa shape index (κ2) is 9.45. The third-order valence-electron chi connectivity index (χ3n) is 5.18. The van der Waals surface area contributed by atoms with Gasteiger partial charge in [-0.15, -0.1) is 0 Å². The van der Waals surface area contributed by atoms with Gasteiger partial charge < -0.3 is 10.1 Å². The van der Waals surface area contributed by atoms with Crippen molar-refractivity contribution in [1.29, 1.82) is 0 Å². The summed E-state index contributed by atoms with van der Waals surface area (Å²) in [5.41, 5.74) is 2.69. The first-order valence-corrected chi connectivity index (χ1v) is 11.6. The van der Waals surface area contributed by atoms with Crippen LogP contribution in [-0.4, -0.2) is 43.8 Å². The van der Waals surface area contributed by atoms with E-state index < -0.39 is 10.0 Å². The molecule has 2 aromatic carbocycles.